The van der Waals surface area contributed by atoms with Crippen LogP contribution in [0.5, 0.6) is 0 Å². The van der Waals surface area contributed by atoms with Gasteiger partial charge in [0.05, 0.1) is 11.4 Å². The SMILES string of the molecule is C=C1/N=C(C)\C=C/C/C=C\c2ccc(C)nc21. The monoisotopic (exact) mass is 224 g/mol. The summed E-state index contributed by atoms with van der Waals surface area (Å²) in [6.07, 6.45) is 9.21. The summed E-state index contributed by atoms with van der Waals surface area (Å²) in [7, 11) is 0. The fraction of sp³-hybridized carbons (Fsp3) is 0.200. The van der Waals surface area contributed by atoms with Crippen LogP contribution < -0.4 is 0 Å². The van der Waals surface area contributed by atoms with Crippen LogP contribution in [-0.2, 0) is 0 Å². The van der Waals surface area contributed by atoms with E-state index in [-0.39, 0.29) is 0 Å². The van der Waals surface area contributed by atoms with E-state index in [9.17, 15) is 0 Å². The molecule has 0 atom stereocenters. The molecule has 2 heteroatoms. The van der Waals surface area contributed by atoms with Crippen LogP contribution in [-0.4, -0.2) is 10.7 Å². The third-order valence-electron chi connectivity index (χ3n) is 2.58. The first-order valence-electron chi connectivity index (χ1n) is 5.72. The third-order valence-corrected chi connectivity index (χ3v) is 2.58. The van der Waals surface area contributed by atoms with Crippen molar-refractivity contribution in [2.24, 2.45) is 4.99 Å². The first kappa shape index (κ1) is 11.5. The Hall–Kier alpha value is -1.96. The molecule has 0 saturated carbocycles. The zero-order valence-electron chi connectivity index (χ0n) is 10.3. The van der Waals surface area contributed by atoms with Gasteiger partial charge in [0.25, 0.3) is 0 Å². The van der Waals surface area contributed by atoms with Gasteiger partial charge in [0, 0.05) is 17.0 Å². The minimum Gasteiger partial charge on any atom is -0.252 e. The van der Waals surface area contributed by atoms with Gasteiger partial charge in [-0.3, -0.25) is 9.98 Å². The lowest BCUT2D eigenvalue weighted by Crippen LogP contribution is -1.96. The number of fused-ring (bicyclic) bond motifs is 1. The summed E-state index contributed by atoms with van der Waals surface area (Å²) in [5.41, 5.74) is 4.61. The maximum absolute atomic E-state index is 4.52. The van der Waals surface area contributed by atoms with E-state index >= 15 is 0 Å². The van der Waals surface area contributed by atoms with Gasteiger partial charge in [0.15, 0.2) is 0 Å². The molecule has 0 radical (unpaired) electrons. The number of aromatic nitrogens is 1. The highest BCUT2D eigenvalue weighted by molar-refractivity contribution is 5.96. The Kier molecular flexibility index (Phi) is 3.33. The quantitative estimate of drug-likeness (QED) is 0.658. The molecule has 86 valence electrons. The van der Waals surface area contributed by atoms with Crippen molar-refractivity contribution in [1.29, 1.82) is 0 Å². The second-order valence-corrected chi connectivity index (χ2v) is 4.13. The molecule has 0 aliphatic carbocycles. The lowest BCUT2D eigenvalue weighted by Gasteiger charge is -2.07. The number of pyridine rings is 1. The van der Waals surface area contributed by atoms with E-state index in [0.29, 0.717) is 0 Å². The molecular formula is C15H16N2. The summed E-state index contributed by atoms with van der Waals surface area (Å²) in [4.78, 5) is 8.98. The molecule has 0 spiro atoms. The van der Waals surface area contributed by atoms with E-state index < -0.39 is 0 Å². The molecule has 0 bridgehead atoms. The molecule has 17 heavy (non-hydrogen) atoms. The number of aryl methyl sites for hydroxylation is 1. The first-order chi connectivity index (χ1) is 8.16. The molecule has 1 aromatic rings. The van der Waals surface area contributed by atoms with Crippen LogP contribution in [0.25, 0.3) is 11.8 Å². The molecule has 2 rings (SSSR count). The fourth-order valence-corrected chi connectivity index (χ4v) is 1.75. The van der Waals surface area contributed by atoms with Crippen LogP contribution in [0, 0.1) is 6.92 Å². The average molecular weight is 224 g/mol. The van der Waals surface area contributed by atoms with Crippen molar-refractivity contribution in [1.82, 2.24) is 4.98 Å². The molecule has 2 nitrogen and oxygen atoms in total. The standard InChI is InChI=1S/C15H16N2/c1-11-7-5-4-6-8-14-10-9-12(2)17-15(14)13(3)16-11/h5-10H,3-4H2,1-2H3/b7-5-,8-6-,16-11-. The predicted molar refractivity (Wildman–Crippen MR) is 73.9 cm³/mol. The normalized spacial score (nSPS) is 22.2. The Morgan fingerprint density at radius 2 is 1.88 bits per heavy atom. The fourth-order valence-electron chi connectivity index (χ4n) is 1.75. The van der Waals surface area contributed by atoms with E-state index in [1.165, 1.54) is 0 Å². The van der Waals surface area contributed by atoms with E-state index in [1.54, 1.807) is 0 Å². The second kappa shape index (κ2) is 4.91. The Labute approximate surface area is 102 Å². The molecule has 0 fully saturated rings. The molecule has 0 unspecified atom stereocenters. The van der Waals surface area contributed by atoms with Gasteiger partial charge in [-0.25, -0.2) is 0 Å². The number of rotatable bonds is 0. The largest absolute Gasteiger partial charge is 0.252 e. The maximum atomic E-state index is 4.52. The Morgan fingerprint density at radius 1 is 1.12 bits per heavy atom. The minimum atomic E-state index is 0.720. The van der Waals surface area contributed by atoms with Crippen molar-refractivity contribution in [3.8, 4) is 0 Å². The molecule has 0 saturated heterocycles. The van der Waals surface area contributed by atoms with E-state index in [4.69, 9.17) is 0 Å². The number of hydrogen-bond donors (Lipinski definition) is 0. The van der Waals surface area contributed by atoms with Crippen LogP contribution in [0.2, 0.25) is 0 Å². The maximum Gasteiger partial charge on any atom is 0.0955 e. The topological polar surface area (TPSA) is 25.2 Å². The summed E-state index contributed by atoms with van der Waals surface area (Å²) in [5.74, 6) is 0. The summed E-state index contributed by atoms with van der Waals surface area (Å²) < 4.78 is 0. The van der Waals surface area contributed by atoms with Gasteiger partial charge in [0.1, 0.15) is 0 Å². The highest BCUT2D eigenvalue weighted by atomic mass is 14.8. The summed E-state index contributed by atoms with van der Waals surface area (Å²) in [6.45, 7) is 7.96. The lowest BCUT2D eigenvalue weighted by molar-refractivity contribution is 1.15. The number of aliphatic imine (C=N–C) groups is 1. The van der Waals surface area contributed by atoms with Crippen LogP contribution in [0.4, 0.5) is 0 Å². The van der Waals surface area contributed by atoms with E-state index in [2.05, 4.69) is 40.8 Å². The molecule has 2 heterocycles. The molecule has 1 aliphatic heterocycles. The van der Waals surface area contributed by atoms with Crippen molar-refractivity contribution in [2.75, 3.05) is 0 Å². The summed E-state index contributed by atoms with van der Waals surface area (Å²) in [5, 5.41) is 0. The molecule has 0 N–H and O–H groups in total. The van der Waals surface area contributed by atoms with Crippen LogP contribution in [0.1, 0.15) is 30.3 Å². The van der Waals surface area contributed by atoms with Gasteiger partial charge in [-0.15, -0.1) is 0 Å². The lowest BCUT2D eigenvalue weighted by atomic mass is 10.1. The Balaban J connectivity index is 2.55. The summed E-state index contributed by atoms with van der Waals surface area (Å²) in [6, 6.07) is 4.07. The minimum absolute atomic E-state index is 0.720. The average Bonchev–Trinajstić information content (AvgIpc) is 2.29. The second-order valence-electron chi connectivity index (χ2n) is 4.13. The van der Waals surface area contributed by atoms with Gasteiger partial charge < -0.3 is 0 Å². The van der Waals surface area contributed by atoms with E-state index in [0.717, 1.165) is 34.8 Å². The zero-order valence-corrected chi connectivity index (χ0v) is 10.3. The van der Waals surface area contributed by atoms with Crippen LogP contribution >= 0.6 is 0 Å². The summed E-state index contributed by atoms with van der Waals surface area (Å²) >= 11 is 0. The van der Waals surface area contributed by atoms with Gasteiger partial charge in [-0.2, -0.15) is 0 Å². The van der Waals surface area contributed by atoms with Crippen LogP contribution in [0.3, 0.4) is 0 Å². The van der Waals surface area contributed by atoms with Gasteiger partial charge in [0.2, 0.25) is 0 Å². The first-order valence-corrected chi connectivity index (χ1v) is 5.72. The molecule has 0 amide bonds. The van der Waals surface area contributed by atoms with Crippen molar-refractivity contribution < 1.29 is 0 Å². The molecule has 1 aliphatic rings. The molecule has 1 aromatic heterocycles. The van der Waals surface area contributed by atoms with Crippen molar-refractivity contribution >= 4 is 17.5 Å². The number of nitrogens with zero attached hydrogens (tertiary/aromatic N) is 2. The highest BCUT2D eigenvalue weighted by Gasteiger charge is 2.06. The van der Waals surface area contributed by atoms with Gasteiger partial charge in [-0.1, -0.05) is 30.9 Å². The predicted octanol–water partition coefficient (Wildman–Crippen LogP) is 3.79. The number of allylic oxidation sites excluding steroid dienone is 3. The van der Waals surface area contributed by atoms with Crippen molar-refractivity contribution in [2.45, 2.75) is 20.3 Å². The number of hydrogen-bond acceptors (Lipinski definition) is 2. The van der Waals surface area contributed by atoms with E-state index in [1.807, 2.05) is 26.0 Å². The van der Waals surface area contributed by atoms with Crippen molar-refractivity contribution in [3.63, 3.8) is 0 Å². The van der Waals surface area contributed by atoms with Crippen LogP contribution in [0.15, 0.2) is 41.9 Å². The Morgan fingerprint density at radius 3 is 2.71 bits per heavy atom. The van der Waals surface area contributed by atoms with Crippen molar-refractivity contribution in [3.05, 3.63) is 53.9 Å². The molecular weight excluding hydrogens is 208 g/mol. The molecule has 0 aromatic carbocycles. The van der Waals surface area contributed by atoms with Gasteiger partial charge >= 0.3 is 0 Å². The zero-order chi connectivity index (χ0) is 12.3. The Bertz CT molecular complexity index is 534. The van der Waals surface area contributed by atoms with Gasteiger partial charge in [-0.05, 0) is 32.4 Å². The third kappa shape index (κ3) is 2.78. The smallest absolute Gasteiger partial charge is 0.0955 e. The highest BCUT2D eigenvalue weighted by Crippen LogP contribution is 2.20.